The van der Waals surface area contributed by atoms with Crippen LogP contribution in [0.4, 0.5) is 5.82 Å². The van der Waals surface area contributed by atoms with Crippen molar-refractivity contribution in [2.75, 3.05) is 5.73 Å². The summed E-state index contributed by atoms with van der Waals surface area (Å²) in [5.74, 6) is 1.55. The van der Waals surface area contributed by atoms with E-state index in [-0.39, 0.29) is 0 Å². The molecule has 1 heterocycles. The Morgan fingerprint density at radius 1 is 1.50 bits per heavy atom. The van der Waals surface area contributed by atoms with E-state index >= 15 is 0 Å². The fourth-order valence-electron chi connectivity index (χ4n) is 2.27. The molecule has 2 rings (SSSR count). The normalized spacial score (nSPS) is 27.9. The van der Waals surface area contributed by atoms with Crippen molar-refractivity contribution in [2.24, 2.45) is 5.92 Å². The standard InChI is InChI=1S/C10H16IN3/c1-7-4-2-3-5-9(7)14-10(12)8(11)6-13-14/h6-7,9H,2-5,12H2,1H3. The molecule has 2 atom stereocenters. The Morgan fingerprint density at radius 2 is 2.21 bits per heavy atom. The molecule has 0 amide bonds. The van der Waals surface area contributed by atoms with E-state index in [1.54, 1.807) is 0 Å². The van der Waals surface area contributed by atoms with E-state index < -0.39 is 0 Å². The smallest absolute Gasteiger partial charge is 0.135 e. The number of rotatable bonds is 1. The van der Waals surface area contributed by atoms with E-state index in [1.807, 2.05) is 10.9 Å². The molecule has 0 bridgehead atoms. The molecule has 0 aromatic carbocycles. The molecule has 1 aliphatic rings. The van der Waals surface area contributed by atoms with Crippen LogP contribution in [-0.2, 0) is 0 Å². The van der Waals surface area contributed by atoms with Crippen LogP contribution < -0.4 is 5.73 Å². The maximum absolute atomic E-state index is 5.99. The van der Waals surface area contributed by atoms with Gasteiger partial charge in [-0.2, -0.15) is 5.10 Å². The number of nitrogens with zero attached hydrogens (tertiary/aromatic N) is 2. The summed E-state index contributed by atoms with van der Waals surface area (Å²) in [4.78, 5) is 0. The fraction of sp³-hybridized carbons (Fsp3) is 0.700. The second-order valence-electron chi connectivity index (χ2n) is 4.15. The van der Waals surface area contributed by atoms with Crippen molar-refractivity contribution >= 4 is 28.4 Å². The Balaban J connectivity index is 2.24. The lowest BCUT2D eigenvalue weighted by molar-refractivity contribution is 0.243. The molecule has 0 saturated heterocycles. The lowest BCUT2D eigenvalue weighted by Crippen LogP contribution is -2.23. The summed E-state index contributed by atoms with van der Waals surface area (Å²) in [6, 6.07) is 0.521. The minimum atomic E-state index is 0.521. The van der Waals surface area contributed by atoms with E-state index in [1.165, 1.54) is 25.7 Å². The SMILES string of the molecule is CC1CCCCC1n1ncc(I)c1N. The van der Waals surface area contributed by atoms with Crippen molar-refractivity contribution in [3.63, 3.8) is 0 Å². The second-order valence-corrected chi connectivity index (χ2v) is 5.31. The minimum absolute atomic E-state index is 0.521. The summed E-state index contributed by atoms with van der Waals surface area (Å²) in [6.45, 7) is 2.30. The highest BCUT2D eigenvalue weighted by Gasteiger charge is 2.25. The third-order valence-corrected chi connectivity index (χ3v) is 4.00. The highest BCUT2D eigenvalue weighted by molar-refractivity contribution is 14.1. The summed E-state index contributed by atoms with van der Waals surface area (Å²) in [5, 5.41) is 4.37. The van der Waals surface area contributed by atoms with Gasteiger partial charge in [0.1, 0.15) is 5.82 Å². The highest BCUT2D eigenvalue weighted by Crippen LogP contribution is 2.35. The zero-order valence-corrected chi connectivity index (χ0v) is 10.6. The van der Waals surface area contributed by atoms with Gasteiger partial charge in [0.25, 0.3) is 0 Å². The van der Waals surface area contributed by atoms with Gasteiger partial charge < -0.3 is 5.73 Å². The molecule has 1 aromatic rings. The molecular formula is C10H16IN3. The number of hydrogen-bond acceptors (Lipinski definition) is 2. The molecule has 0 radical (unpaired) electrons. The van der Waals surface area contributed by atoms with Gasteiger partial charge in [-0.25, -0.2) is 4.68 Å². The minimum Gasteiger partial charge on any atom is -0.383 e. The molecule has 14 heavy (non-hydrogen) atoms. The summed E-state index contributed by atoms with van der Waals surface area (Å²) >= 11 is 2.24. The molecule has 78 valence electrons. The maximum Gasteiger partial charge on any atom is 0.135 e. The van der Waals surface area contributed by atoms with Gasteiger partial charge in [0.05, 0.1) is 15.8 Å². The summed E-state index contributed by atoms with van der Waals surface area (Å²) in [6.07, 6.45) is 7.06. The summed E-state index contributed by atoms with van der Waals surface area (Å²) in [7, 11) is 0. The largest absolute Gasteiger partial charge is 0.383 e. The van der Waals surface area contributed by atoms with Crippen molar-refractivity contribution < 1.29 is 0 Å². The number of nitrogen functional groups attached to an aromatic ring is 1. The van der Waals surface area contributed by atoms with Crippen molar-refractivity contribution in [2.45, 2.75) is 38.6 Å². The lowest BCUT2D eigenvalue weighted by Gasteiger charge is -2.29. The first-order valence-electron chi connectivity index (χ1n) is 5.18. The Kier molecular flexibility index (Phi) is 2.99. The molecule has 1 aromatic heterocycles. The second kappa shape index (κ2) is 4.08. The van der Waals surface area contributed by atoms with Gasteiger partial charge in [-0.15, -0.1) is 0 Å². The Morgan fingerprint density at radius 3 is 2.79 bits per heavy atom. The molecule has 1 aliphatic carbocycles. The predicted molar refractivity (Wildman–Crippen MR) is 66.0 cm³/mol. The number of anilines is 1. The van der Waals surface area contributed by atoms with Crippen LogP contribution >= 0.6 is 22.6 Å². The van der Waals surface area contributed by atoms with Crippen LogP contribution in [0.25, 0.3) is 0 Å². The maximum atomic E-state index is 5.99. The molecule has 3 nitrogen and oxygen atoms in total. The zero-order chi connectivity index (χ0) is 10.1. The Bertz CT molecular complexity index is 321. The molecule has 2 N–H and O–H groups in total. The van der Waals surface area contributed by atoms with Gasteiger partial charge in [-0.05, 0) is 41.4 Å². The molecular weight excluding hydrogens is 289 g/mol. The van der Waals surface area contributed by atoms with Gasteiger partial charge in [0, 0.05) is 0 Å². The molecule has 0 spiro atoms. The van der Waals surface area contributed by atoms with Gasteiger partial charge in [-0.1, -0.05) is 19.8 Å². The first-order chi connectivity index (χ1) is 6.70. The van der Waals surface area contributed by atoms with Gasteiger partial charge in [-0.3, -0.25) is 0 Å². The van der Waals surface area contributed by atoms with Crippen LogP contribution in [-0.4, -0.2) is 9.78 Å². The zero-order valence-electron chi connectivity index (χ0n) is 8.41. The quantitative estimate of drug-likeness (QED) is 0.811. The van der Waals surface area contributed by atoms with Crippen molar-refractivity contribution in [1.29, 1.82) is 0 Å². The van der Waals surface area contributed by atoms with Gasteiger partial charge in [0.15, 0.2) is 0 Å². The molecule has 1 saturated carbocycles. The summed E-state index contributed by atoms with van der Waals surface area (Å²) in [5.41, 5.74) is 5.99. The summed E-state index contributed by atoms with van der Waals surface area (Å²) < 4.78 is 3.09. The van der Waals surface area contributed by atoms with Crippen LogP contribution in [0.5, 0.6) is 0 Å². The third-order valence-electron chi connectivity index (χ3n) is 3.17. The Labute approximate surface area is 98.2 Å². The van der Waals surface area contributed by atoms with Crippen molar-refractivity contribution in [1.82, 2.24) is 9.78 Å². The molecule has 0 aliphatic heterocycles. The average molecular weight is 305 g/mol. The average Bonchev–Trinajstić information content (AvgIpc) is 2.49. The van der Waals surface area contributed by atoms with Gasteiger partial charge >= 0.3 is 0 Å². The lowest BCUT2D eigenvalue weighted by atomic mass is 9.86. The van der Waals surface area contributed by atoms with E-state index in [9.17, 15) is 0 Å². The van der Waals surface area contributed by atoms with E-state index in [4.69, 9.17) is 5.73 Å². The molecule has 2 unspecified atom stereocenters. The van der Waals surface area contributed by atoms with Crippen LogP contribution in [0.3, 0.4) is 0 Å². The van der Waals surface area contributed by atoms with E-state index in [0.29, 0.717) is 12.0 Å². The third kappa shape index (κ3) is 1.76. The monoisotopic (exact) mass is 305 g/mol. The fourth-order valence-corrected chi connectivity index (χ4v) is 2.65. The topological polar surface area (TPSA) is 43.8 Å². The first kappa shape index (κ1) is 10.3. The number of aromatic nitrogens is 2. The number of hydrogen-bond donors (Lipinski definition) is 1. The van der Waals surface area contributed by atoms with Crippen LogP contribution in [0.2, 0.25) is 0 Å². The van der Waals surface area contributed by atoms with Crippen LogP contribution in [0.15, 0.2) is 6.20 Å². The predicted octanol–water partition coefficient (Wildman–Crippen LogP) is 2.82. The Hall–Kier alpha value is -0.260. The van der Waals surface area contributed by atoms with Gasteiger partial charge in [0.2, 0.25) is 0 Å². The molecule has 1 fully saturated rings. The van der Waals surface area contributed by atoms with Crippen molar-refractivity contribution in [3.8, 4) is 0 Å². The highest BCUT2D eigenvalue weighted by atomic mass is 127. The van der Waals surface area contributed by atoms with Crippen LogP contribution in [0, 0.1) is 9.49 Å². The molecule has 4 heteroatoms. The van der Waals surface area contributed by atoms with E-state index in [2.05, 4.69) is 34.6 Å². The number of halogens is 1. The number of nitrogens with two attached hydrogens (primary N) is 1. The first-order valence-corrected chi connectivity index (χ1v) is 6.26. The van der Waals surface area contributed by atoms with Crippen LogP contribution in [0.1, 0.15) is 38.6 Å². The van der Waals surface area contributed by atoms with E-state index in [0.717, 1.165) is 9.39 Å². The van der Waals surface area contributed by atoms with Crippen molar-refractivity contribution in [3.05, 3.63) is 9.77 Å².